The van der Waals surface area contributed by atoms with Crippen LogP contribution >= 0.6 is 23.2 Å². The molecule has 1 aromatic rings. The summed E-state index contributed by atoms with van der Waals surface area (Å²) >= 11 is 11.9. The van der Waals surface area contributed by atoms with E-state index in [1.165, 1.54) is 0 Å². The lowest BCUT2D eigenvalue weighted by Gasteiger charge is -2.34. The van der Waals surface area contributed by atoms with Gasteiger partial charge in [0.2, 0.25) is 5.91 Å². The van der Waals surface area contributed by atoms with Crippen molar-refractivity contribution < 1.29 is 14.3 Å². The molecule has 0 aromatic heterocycles. The monoisotopic (exact) mass is 373 g/mol. The highest BCUT2D eigenvalue weighted by Gasteiger charge is 2.24. The van der Waals surface area contributed by atoms with Gasteiger partial charge < -0.3 is 19.9 Å². The molecule has 0 bridgehead atoms. The van der Waals surface area contributed by atoms with Gasteiger partial charge in [0.1, 0.15) is 0 Å². The minimum atomic E-state index is -0.316. The maximum Gasteiger partial charge on any atom is 0.409 e. The maximum atomic E-state index is 12.2. The van der Waals surface area contributed by atoms with E-state index in [2.05, 4.69) is 5.32 Å². The molecular weight excluding hydrogens is 353 g/mol. The Hall–Kier alpha value is -1.66. The summed E-state index contributed by atoms with van der Waals surface area (Å²) in [6, 6.07) is 5.18. The molecule has 24 heavy (non-hydrogen) atoms. The fourth-order valence-electron chi connectivity index (χ4n) is 2.48. The lowest BCUT2D eigenvalue weighted by Crippen LogP contribution is -2.50. The Balaban J connectivity index is 1.73. The number of carbonyl (C=O) groups is 2. The highest BCUT2D eigenvalue weighted by Crippen LogP contribution is 2.22. The zero-order chi connectivity index (χ0) is 17.5. The molecule has 0 unspecified atom stereocenters. The number of halogens is 2. The van der Waals surface area contributed by atoms with Crippen molar-refractivity contribution in [3.63, 3.8) is 0 Å². The maximum absolute atomic E-state index is 12.2. The second-order valence-electron chi connectivity index (χ2n) is 5.40. The van der Waals surface area contributed by atoms with Crippen molar-refractivity contribution in [1.82, 2.24) is 9.80 Å². The minimum Gasteiger partial charge on any atom is -0.450 e. The molecule has 0 radical (unpaired) electrons. The van der Waals surface area contributed by atoms with Crippen molar-refractivity contribution in [2.45, 2.75) is 13.3 Å². The van der Waals surface area contributed by atoms with Crippen LogP contribution < -0.4 is 5.32 Å². The third-order valence-electron chi connectivity index (χ3n) is 3.69. The minimum absolute atomic E-state index is 0.0548. The number of nitrogens with one attached hydrogen (secondary N) is 1. The second-order valence-corrected chi connectivity index (χ2v) is 6.27. The lowest BCUT2D eigenvalue weighted by molar-refractivity contribution is -0.132. The fraction of sp³-hybridized carbons (Fsp3) is 0.500. The molecule has 0 atom stereocenters. The van der Waals surface area contributed by atoms with Gasteiger partial charge in [-0.05, 0) is 25.1 Å². The quantitative estimate of drug-likeness (QED) is 0.861. The average Bonchev–Trinajstić information content (AvgIpc) is 2.54. The van der Waals surface area contributed by atoms with Crippen LogP contribution in [0.3, 0.4) is 0 Å². The Labute approximate surface area is 151 Å². The Morgan fingerprint density at radius 3 is 2.25 bits per heavy atom. The summed E-state index contributed by atoms with van der Waals surface area (Å²) in [7, 11) is 0. The molecule has 1 saturated heterocycles. The van der Waals surface area contributed by atoms with Crippen LogP contribution in [0.5, 0.6) is 0 Å². The molecule has 8 heteroatoms. The van der Waals surface area contributed by atoms with Gasteiger partial charge in [0.15, 0.2) is 0 Å². The number of nitrogens with zero attached hydrogens (tertiary/aromatic N) is 2. The summed E-state index contributed by atoms with van der Waals surface area (Å²) in [5.74, 6) is 0.0548. The SMILES string of the molecule is CCOC(=O)N1CCN(C(=O)CCNc2cc(Cl)cc(Cl)c2)CC1. The molecule has 2 rings (SSSR count). The van der Waals surface area contributed by atoms with Gasteiger partial charge in [-0.2, -0.15) is 0 Å². The molecule has 1 fully saturated rings. The molecule has 6 nitrogen and oxygen atoms in total. The van der Waals surface area contributed by atoms with Gasteiger partial charge in [0.25, 0.3) is 0 Å². The van der Waals surface area contributed by atoms with Gasteiger partial charge in [0.05, 0.1) is 6.61 Å². The predicted octanol–water partition coefficient (Wildman–Crippen LogP) is 3.10. The number of ether oxygens (including phenoxy) is 1. The number of carbonyl (C=O) groups excluding carboxylic acids is 2. The predicted molar refractivity (Wildman–Crippen MR) is 94.7 cm³/mol. The molecule has 1 N–H and O–H groups in total. The Kier molecular flexibility index (Phi) is 6.99. The molecule has 0 saturated carbocycles. The summed E-state index contributed by atoms with van der Waals surface area (Å²) in [6.07, 6.45) is 0.0490. The van der Waals surface area contributed by atoms with Crippen LogP contribution in [0, 0.1) is 0 Å². The third-order valence-corrected chi connectivity index (χ3v) is 4.13. The zero-order valence-electron chi connectivity index (χ0n) is 13.6. The first-order valence-corrected chi connectivity index (χ1v) is 8.64. The number of anilines is 1. The molecule has 2 amide bonds. The van der Waals surface area contributed by atoms with E-state index in [0.29, 0.717) is 55.8 Å². The molecule has 0 aliphatic carbocycles. The normalized spacial score (nSPS) is 14.5. The van der Waals surface area contributed by atoms with Crippen molar-refractivity contribution in [2.24, 2.45) is 0 Å². The summed E-state index contributed by atoms with van der Waals surface area (Å²) < 4.78 is 4.96. The van der Waals surface area contributed by atoms with Gasteiger partial charge in [-0.15, -0.1) is 0 Å². The third kappa shape index (κ3) is 5.46. The van der Waals surface area contributed by atoms with Crippen molar-refractivity contribution in [3.05, 3.63) is 28.2 Å². The first-order valence-electron chi connectivity index (χ1n) is 7.89. The van der Waals surface area contributed by atoms with E-state index in [9.17, 15) is 9.59 Å². The second kappa shape index (κ2) is 8.99. The number of hydrogen-bond donors (Lipinski definition) is 1. The van der Waals surface area contributed by atoms with E-state index in [0.717, 1.165) is 5.69 Å². The topological polar surface area (TPSA) is 61.9 Å². The first-order chi connectivity index (χ1) is 11.5. The molecular formula is C16H21Cl2N3O3. The average molecular weight is 374 g/mol. The molecule has 1 aromatic carbocycles. The Morgan fingerprint density at radius 2 is 1.67 bits per heavy atom. The number of benzene rings is 1. The van der Waals surface area contributed by atoms with E-state index in [1.807, 2.05) is 0 Å². The van der Waals surface area contributed by atoms with Gasteiger partial charge in [0, 0.05) is 54.9 Å². The van der Waals surface area contributed by atoms with Crippen LogP contribution in [0.1, 0.15) is 13.3 Å². The molecule has 1 aliphatic heterocycles. The van der Waals surface area contributed by atoms with Crippen LogP contribution in [0.2, 0.25) is 10.0 Å². The lowest BCUT2D eigenvalue weighted by atomic mass is 10.2. The summed E-state index contributed by atoms with van der Waals surface area (Å²) in [5.41, 5.74) is 0.785. The van der Waals surface area contributed by atoms with Crippen LogP contribution in [-0.2, 0) is 9.53 Å². The van der Waals surface area contributed by atoms with Crippen molar-refractivity contribution in [2.75, 3.05) is 44.6 Å². The summed E-state index contributed by atoms with van der Waals surface area (Å²) in [4.78, 5) is 27.2. The molecule has 1 heterocycles. The van der Waals surface area contributed by atoms with E-state index >= 15 is 0 Å². The largest absolute Gasteiger partial charge is 0.450 e. The molecule has 1 aliphatic rings. The van der Waals surface area contributed by atoms with Crippen LogP contribution in [0.4, 0.5) is 10.5 Å². The highest BCUT2D eigenvalue weighted by atomic mass is 35.5. The van der Waals surface area contributed by atoms with E-state index in [4.69, 9.17) is 27.9 Å². The van der Waals surface area contributed by atoms with Crippen molar-refractivity contribution in [3.8, 4) is 0 Å². The van der Waals surface area contributed by atoms with Crippen molar-refractivity contribution >= 4 is 40.9 Å². The Bertz CT molecular complexity index is 570. The van der Waals surface area contributed by atoms with Crippen LogP contribution in [0.25, 0.3) is 0 Å². The number of piperazine rings is 1. The van der Waals surface area contributed by atoms with Crippen molar-refractivity contribution in [1.29, 1.82) is 0 Å². The van der Waals surface area contributed by atoms with Crippen LogP contribution in [0.15, 0.2) is 18.2 Å². The fourth-order valence-corrected chi connectivity index (χ4v) is 3.01. The molecule has 132 valence electrons. The zero-order valence-corrected chi connectivity index (χ0v) is 15.1. The van der Waals surface area contributed by atoms with E-state index in [-0.39, 0.29) is 12.0 Å². The summed E-state index contributed by atoms with van der Waals surface area (Å²) in [6.45, 7) is 4.69. The first kappa shape index (κ1) is 18.7. The summed E-state index contributed by atoms with van der Waals surface area (Å²) in [5, 5.41) is 4.23. The van der Waals surface area contributed by atoms with E-state index < -0.39 is 0 Å². The van der Waals surface area contributed by atoms with Gasteiger partial charge in [-0.3, -0.25) is 4.79 Å². The van der Waals surface area contributed by atoms with Crippen LogP contribution in [-0.4, -0.2) is 61.1 Å². The number of rotatable bonds is 5. The van der Waals surface area contributed by atoms with E-state index in [1.54, 1.807) is 34.9 Å². The Morgan fingerprint density at radius 1 is 1.08 bits per heavy atom. The standard InChI is InChI=1S/C16H21Cl2N3O3/c1-2-24-16(23)21-7-5-20(6-8-21)15(22)3-4-19-14-10-12(17)9-13(18)11-14/h9-11,19H,2-8H2,1H3. The van der Waals surface area contributed by atoms with Gasteiger partial charge >= 0.3 is 6.09 Å². The highest BCUT2D eigenvalue weighted by molar-refractivity contribution is 6.35. The molecule has 0 spiro atoms. The number of hydrogen-bond acceptors (Lipinski definition) is 4. The number of amides is 2. The van der Waals surface area contributed by atoms with Gasteiger partial charge in [-0.1, -0.05) is 23.2 Å². The smallest absolute Gasteiger partial charge is 0.409 e. The van der Waals surface area contributed by atoms with Gasteiger partial charge in [-0.25, -0.2) is 4.79 Å².